The smallest absolute Gasteiger partial charge is 0.0366 e. The molecule has 0 aliphatic heterocycles. The maximum Gasteiger partial charge on any atom is 0.0366 e. The molecule has 2 nitrogen and oxygen atoms in total. The minimum atomic E-state index is 0. The van der Waals surface area contributed by atoms with Crippen LogP contribution in [0.15, 0.2) is 24.3 Å². The molecule has 0 saturated carbocycles. The molecule has 2 N–H and O–H groups in total. The Morgan fingerprint density at radius 2 is 1.58 bits per heavy atom. The largest absolute Gasteiger partial charge is 0.372 e. The number of hydrogen-bond donors (Lipinski definition) is 1. The van der Waals surface area contributed by atoms with Crippen LogP contribution >= 0.6 is 12.4 Å². The number of nitrogens with two attached hydrogens (primary N) is 1. The van der Waals surface area contributed by atoms with Crippen molar-refractivity contribution in [3.8, 4) is 0 Å². The number of halogens is 1. The predicted molar refractivity (Wildman–Crippen MR) is 88.3 cm³/mol. The quantitative estimate of drug-likeness (QED) is 0.711. The second-order valence-electron chi connectivity index (χ2n) is 4.87. The van der Waals surface area contributed by atoms with Gasteiger partial charge in [0.05, 0.1) is 0 Å². The third-order valence-electron chi connectivity index (χ3n) is 3.57. The molecule has 19 heavy (non-hydrogen) atoms. The lowest BCUT2D eigenvalue weighted by Gasteiger charge is -2.21. The second-order valence-corrected chi connectivity index (χ2v) is 4.87. The first-order valence-corrected chi connectivity index (χ1v) is 7.33. The first kappa shape index (κ1) is 18.3. The molecule has 0 radical (unpaired) electrons. The number of unbranched alkanes of at least 4 members (excludes halogenated alkanes) is 2. The van der Waals surface area contributed by atoms with Crippen molar-refractivity contribution in [3.05, 3.63) is 29.8 Å². The molecule has 0 bridgehead atoms. The maximum atomic E-state index is 6.21. The third kappa shape index (κ3) is 5.84. The van der Waals surface area contributed by atoms with E-state index < -0.39 is 0 Å². The lowest BCUT2D eigenvalue weighted by atomic mass is 10.0. The van der Waals surface area contributed by atoms with E-state index in [0.29, 0.717) is 0 Å². The molecule has 0 spiro atoms. The molecule has 0 amide bonds. The van der Waals surface area contributed by atoms with Crippen molar-refractivity contribution in [2.24, 2.45) is 5.73 Å². The van der Waals surface area contributed by atoms with Crippen molar-refractivity contribution in [1.29, 1.82) is 0 Å². The molecule has 3 heteroatoms. The molecule has 110 valence electrons. The molecule has 0 fully saturated rings. The first-order valence-electron chi connectivity index (χ1n) is 7.33. The van der Waals surface area contributed by atoms with Crippen molar-refractivity contribution < 1.29 is 0 Å². The third-order valence-corrected chi connectivity index (χ3v) is 3.57. The molecule has 0 saturated heterocycles. The summed E-state index contributed by atoms with van der Waals surface area (Å²) in [4.78, 5) is 2.35. The summed E-state index contributed by atoms with van der Waals surface area (Å²) in [7, 11) is 0. The van der Waals surface area contributed by atoms with E-state index >= 15 is 0 Å². The molecule has 0 aliphatic carbocycles. The molecule has 1 rings (SSSR count). The normalized spacial score (nSPS) is 11.8. The Labute approximate surface area is 124 Å². The van der Waals surface area contributed by atoms with Crippen molar-refractivity contribution in [2.75, 3.05) is 18.0 Å². The molecule has 1 aromatic carbocycles. The van der Waals surface area contributed by atoms with E-state index in [4.69, 9.17) is 5.73 Å². The summed E-state index contributed by atoms with van der Waals surface area (Å²) in [5.41, 5.74) is 8.77. The van der Waals surface area contributed by atoms with Crippen molar-refractivity contribution >= 4 is 18.1 Å². The molecule has 1 aromatic rings. The van der Waals surface area contributed by atoms with Crippen LogP contribution < -0.4 is 10.6 Å². The van der Waals surface area contributed by atoms with E-state index in [1.807, 2.05) is 0 Å². The van der Waals surface area contributed by atoms with Gasteiger partial charge in [0.1, 0.15) is 0 Å². The lowest BCUT2D eigenvalue weighted by molar-refractivity contribution is 0.581. The SMILES string of the molecule is CCCCC[C@H](N)c1ccc(N(CC)CC)cc1.Cl. The van der Waals surface area contributed by atoms with Gasteiger partial charge < -0.3 is 10.6 Å². The van der Waals surface area contributed by atoms with Gasteiger partial charge in [0.2, 0.25) is 0 Å². The molecular formula is C16H29ClN2. The van der Waals surface area contributed by atoms with Crippen molar-refractivity contribution in [3.63, 3.8) is 0 Å². The van der Waals surface area contributed by atoms with E-state index in [1.54, 1.807) is 0 Å². The molecule has 0 unspecified atom stereocenters. The number of anilines is 1. The van der Waals surface area contributed by atoms with Gasteiger partial charge in [-0.05, 0) is 38.0 Å². The minimum Gasteiger partial charge on any atom is -0.372 e. The molecule has 0 aliphatic rings. The maximum absolute atomic E-state index is 6.21. The van der Waals surface area contributed by atoms with Crippen molar-refractivity contribution in [1.82, 2.24) is 0 Å². The van der Waals surface area contributed by atoms with E-state index in [1.165, 1.54) is 30.5 Å². The van der Waals surface area contributed by atoms with Crippen LogP contribution in [-0.4, -0.2) is 13.1 Å². The first-order chi connectivity index (χ1) is 8.72. The average molecular weight is 285 g/mol. The van der Waals surface area contributed by atoms with Crippen LogP contribution in [0, 0.1) is 0 Å². The summed E-state index contributed by atoms with van der Waals surface area (Å²) in [5.74, 6) is 0. The summed E-state index contributed by atoms with van der Waals surface area (Å²) < 4.78 is 0. The zero-order valence-corrected chi connectivity index (χ0v) is 13.4. The van der Waals surface area contributed by atoms with Gasteiger partial charge in [-0.15, -0.1) is 12.4 Å². The van der Waals surface area contributed by atoms with Crippen LogP contribution in [0.5, 0.6) is 0 Å². The summed E-state index contributed by atoms with van der Waals surface area (Å²) in [6, 6.07) is 8.96. The Bertz CT molecular complexity index is 320. The Morgan fingerprint density at radius 3 is 2.05 bits per heavy atom. The standard InChI is InChI=1S/C16H28N2.ClH/c1-4-7-8-9-16(17)14-10-12-15(13-11-14)18(5-2)6-3;/h10-13,16H,4-9,17H2,1-3H3;1H/t16-;/m0./s1. The Hall–Kier alpha value is -0.730. The van der Waals surface area contributed by atoms with Gasteiger partial charge in [-0.3, -0.25) is 0 Å². The van der Waals surface area contributed by atoms with E-state index in [2.05, 4.69) is 49.9 Å². The van der Waals surface area contributed by atoms with Gasteiger partial charge >= 0.3 is 0 Å². The van der Waals surface area contributed by atoms with Crippen LogP contribution in [0.1, 0.15) is 58.1 Å². The van der Waals surface area contributed by atoms with Gasteiger partial charge in [-0.2, -0.15) is 0 Å². The number of hydrogen-bond acceptors (Lipinski definition) is 2. The van der Waals surface area contributed by atoms with E-state index in [0.717, 1.165) is 19.5 Å². The Morgan fingerprint density at radius 1 is 1.00 bits per heavy atom. The van der Waals surface area contributed by atoms with E-state index in [-0.39, 0.29) is 18.4 Å². The summed E-state index contributed by atoms with van der Waals surface area (Å²) >= 11 is 0. The van der Waals surface area contributed by atoms with Gasteiger partial charge in [0.15, 0.2) is 0 Å². The summed E-state index contributed by atoms with van der Waals surface area (Å²) in [6.45, 7) is 8.71. The number of benzene rings is 1. The number of rotatable bonds is 8. The van der Waals surface area contributed by atoms with Crippen LogP contribution in [-0.2, 0) is 0 Å². The van der Waals surface area contributed by atoms with Gasteiger partial charge in [0, 0.05) is 24.8 Å². The van der Waals surface area contributed by atoms with Crippen LogP contribution in [0.25, 0.3) is 0 Å². The highest BCUT2D eigenvalue weighted by atomic mass is 35.5. The van der Waals surface area contributed by atoms with Gasteiger partial charge in [-0.1, -0.05) is 38.3 Å². The fraction of sp³-hybridized carbons (Fsp3) is 0.625. The van der Waals surface area contributed by atoms with Crippen LogP contribution in [0.2, 0.25) is 0 Å². The highest BCUT2D eigenvalue weighted by Gasteiger charge is 2.07. The predicted octanol–water partition coefficient (Wildman–Crippen LogP) is 4.53. The Kier molecular flexibility index (Phi) is 9.72. The lowest BCUT2D eigenvalue weighted by Crippen LogP contribution is -2.21. The van der Waals surface area contributed by atoms with Crippen LogP contribution in [0.3, 0.4) is 0 Å². The molecule has 0 aromatic heterocycles. The van der Waals surface area contributed by atoms with Crippen LogP contribution in [0.4, 0.5) is 5.69 Å². The minimum absolute atomic E-state index is 0. The second kappa shape index (κ2) is 10.1. The summed E-state index contributed by atoms with van der Waals surface area (Å²) in [6.07, 6.45) is 4.87. The fourth-order valence-corrected chi connectivity index (χ4v) is 2.30. The molecule has 1 atom stereocenters. The fourth-order valence-electron chi connectivity index (χ4n) is 2.30. The molecule has 0 heterocycles. The van der Waals surface area contributed by atoms with E-state index in [9.17, 15) is 0 Å². The Balaban J connectivity index is 0.00000324. The zero-order valence-electron chi connectivity index (χ0n) is 12.6. The number of nitrogens with zero attached hydrogens (tertiary/aromatic N) is 1. The monoisotopic (exact) mass is 284 g/mol. The zero-order chi connectivity index (χ0) is 13.4. The van der Waals surface area contributed by atoms with Crippen molar-refractivity contribution in [2.45, 2.75) is 52.5 Å². The average Bonchev–Trinajstić information content (AvgIpc) is 2.41. The van der Waals surface area contributed by atoms with Gasteiger partial charge in [0.25, 0.3) is 0 Å². The highest BCUT2D eigenvalue weighted by molar-refractivity contribution is 5.85. The highest BCUT2D eigenvalue weighted by Crippen LogP contribution is 2.21. The topological polar surface area (TPSA) is 29.3 Å². The molecular weight excluding hydrogens is 256 g/mol. The van der Waals surface area contributed by atoms with Gasteiger partial charge in [-0.25, -0.2) is 0 Å². The summed E-state index contributed by atoms with van der Waals surface area (Å²) in [5, 5.41) is 0.